The summed E-state index contributed by atoms with van der Waals surface area (Å²) in [5.74, 6) is 1.88. The van der Waals surface area contributed by atoms with Gasteiger partial charge < -0.3 is 14.8 Å². The van der Waals surface area contributed by atoms with Crippen molar-refractivity contribution in [2.24, 2.45) is 0 Å². The Morgan fingerprint density at radius 1 is 1.00 bits per heavy atom. The van der Waals surface area contributed by atoms with Gasteiger partial charge in [0, 0.05) is 33.8 Å². The average Bonchev–Trinajstić information content (AvgIpc) is 2.58. The van der Waals surface area contributed by atoms with E-state index < -0.39 is 0 Å². The molecule has 1 aliphatic carbocycles. The zero-order chi connectivity index (χ0) is 17.1. The molecule has 1 atom stereocenters. The van der Waals surface area contributed by atoms with Crippen LogP contribution < -0.4 is 14.8 Å². The van der Waals surface area contributed by atoms with Gasteiger partial charge in [0.1, 0.15) is 11.5 Å². The summed E-state index contributed by atoms with van der Waals surface area (Å²) in [4.78, 5) is 0. The maximum atomic E-state index is 6.07. The molecule has 1 N–H and O–H groups in total. The predicted molar refractivity (Wildman–Crippen MR) is 98.7 cm³/mol. The van der Waals surface area contributed by atoms with E-state index in [-0.39, 0.29) is 0 Å². The van der Waals surface area contributed by atoms with Crippen molar-refractivity contribution in [2.45, 2.75) is 31.8 Å². The molecule has 1 aliphatic rings. The Labute approximate surface area is 152 Å². The van der Waals surface area contributed by atoms with E-state index in [0.717, 1.165) is 42.9 Å². The fourth-order valence-corrected chi connectivity index (χ4v) is 3.92. The minimum Gasteiger partial charge on any atom is -0.496 e. The Balaban J connectivity index is 1.73. The summed E-state index contributed by atoms with van der Waals surface area (Å²) in [6.07, 6.45) is 2.96. The summed E-state index contributed by atoms with van der Waals surface area (Å²) in [7, 11) is 3.43. The van der Waals surface area contributed by atoms with Crippen molar-refractivity contribution in [3.63, 3.8) is 0 Å². The molecular weight excluding hydrogens is 345 g/mol. The van der Waals surface area contributed by atoms with Crippen molar-refractivity contribution in [3.8, 4) is 11.5 Å². The van der Waals surface area contributed by atoms with E-state index in [1.54, 1.807) is 20.3 Å². The van der Waals surface area contributed by atoms with Gasteiger partial charge in [0.25, 0.3) is 0 Å². The third-order valence-corrected chi connectivity index (χ3v) is 4.93. The molecule has 0 spiro atoms. The lowest BCUT2D eigenvalue weighted by Crippen LogP contribution is -2.34. The summed E-state index contributed by atoms with van der Waals surface area (Å²) in [5.41, 5.74) is 3.60. The summed E-state index contributed by atoms with van der Waals surface area (Å²) in [6.45, 7) is 0.743. The molecule has 0 amide bonds. The Morgan fingerprint density at radius 3 is 2.25 bits per heavy atom. The van der Waals surface area contributed by atoms with E-state index in [4.69, 9.17) is 32.7 Å². The van der Waals surface area contributed by atoms with E-state index in [0.29, 0.717) is 16.1 Å². The Kier molecular flexibility index (Phi) is 5.54. The van der Waals surface area contributed by atoms with E-state index in [9.17, 15) is 0 Å². The number of halogens is 2. The largest absolute Gasteiger partial charge is 0.496 e. The molecule has 0 saturated carbocycles. The van der Waals surface area contributed by atoms with Gasteiger partial charge in [-0.25, -0.2) is 0 Å². The van der Waals surface area contributed by atoms with Crippen LogP contribution in [0.5, 0.6) is 11.5 Å². The van der Waals surface area contributed by atoms with Gasteiger partial charge in [-0.2, -0.15) is 0 Å². The molecule has 0 bridgehead atoms. The SMILES string of the molecule is COc1ccc(OC)c2c1CCC(NCc1cc(Cl)cc(Cl)c1)C2. The summed E-state index contributed by atoms with van der Waals surface area (Å²) < 4.78 is 11.0. The van der Waals surface area contributed by atoms with Gasteiger partial charge in [0.15, 0.2) is 0 Å². The number of rotatable bonds is 5. The molecular formula is C19H21Cl2NO2. The van der Waals surface area contributed by atoms with Crippen molar-refractivity contribution in [2.75, 3.05) is 14.2 Å². The number of nitrogens with one attached hydrogen (secondary N) is 1. The number of ether oxygens (including phenoxy) is 2. The minimum atomic E-state index is 0.385. The first kappa shape index (κ1) is 17.4. The maximum Gasteiger partial charge on any atom is 0.122 e. The topological polar surface area (TPSA) is 30.5 Å². The van der Waals surface area contributed by atoms with Crippen LogP contribution in [0.2, 0.25) is 10.0 Å². The number of methoxy groups -OCH3 is 2. The summed E-state index contributed by atoms with van der Waals surface area (Å²) >= 11 is 12.1. The van der Waals surface area contributed by atoms with Crippen LogP contribution in [0.3, 0.4) is 0 Å². The van der Waals surface area contributed by atoms with E-state index in [2.05, 4.69) is 5.32 Å². The van der Waals surface area contributed by atoms with Crippen molar-refractivity contribution >= 4 is 23.2 Å². The Morgan fingerprint density at radius 2 is 1.62 bits per heavy atom. The zero-order valence-corrected chi connectivity index (χ0v) is 15.4. The van der Waals surface area contributed by atoms with E-state index >= 15 is 0 Å². The van der Waals surface area contributed by atoms with Crippen LogP contribution in [0.1, 0.15) is 23.1 Å². The molecule has 3 rings (SSSR count). The molecule has 0 saturated heterocycles. The second kappa shape index (κ2) is 7.64. The third kappa shape index (κ3) is 3.80. The van der Waals surface area contributed by atoms with Crippen molar-refractivity contribution in [1.82, 2.24) is 5.32 Å². The highest BCUT2D eigenvalue weighted by atomic mass is 35.5. The maximum absolute atomic E-state index is 6.07. The van der Waals surface area contributed by atoms with Gasteiger partial charge in [0.05, 0.1) is 14.2 Å². The second-order valence-electron chi connectivity index (χ2n) is 6.03. The molecule has 2 aromatic rings. The fourth-order valence-electron chi connectivity index (χ4n) is 3.35. The van der Waals surface area contributed by atoms with Gasteiger partial charge in [-0.1, -0.05) is 23.2 Å². The molecule has 1 unspecified atom stereocenters. The zero-order valence-electron chi connectivity index (χ0n) is 13.9. The lowest BCUT2D eigenvalue weighted by Gasteiger charge is -2.28. The molecule has 0 aromatic heterocycles. The molecule has 128 valence electrons. The first-order valence-electron chi connectivity index (χ1n) is 8.01. The lowest BCUT2D eigenvalue weighted by molar-refractivity contribution is 0.376. The average molecular weight is 366 g/mol. The van der Waals surface area contributed by atoms with Crippen molar-refractivity contribution in [1.29, 1.82) is 0 Å². The quantitative estimate of drug-likeness (QED) is 0.835. The van der Waals surface area contributed by atoms with Crippen LogP contribution in [0.25, 0.3) is 0 Å². The number of fused-ring (bicyclic) bond motifs is 1. The van der Waals surface area contributed by atoms with Gasteiger partial charge in [0.2, 0.25) is 0 Å². The molecule has 3 nitrogen and oxygen atoms in total. The van der Waals surface area contributed by atoms with Crippen LogP contribution in [0.15, 0.2) is 30.3 Å². The molecule has 0 fully saturated rings. The van der Waals surface area contributed by atoms with Crippen LogP contribution >= 0.6 is 23.2 Å². The van der Waals surface area contributed by atoms with Crippen LogP contribution in [-0.2, 0) is 19.4 Å². The van der Waals surface area contributed by atoms with E-state index in [1.165, 1.54) is 11.1 Å². The molecule has 0 heterocycles. The number of hydrogen-bond donors (Lipinski definition) is 1. The monoisotopic (exact) mass is 365 g/mol. The van der Waals surface area contributed by atoms with Gasteiger partial charge in [-0.15, -0.1) is 0 Å². The third-order valence-electron chi connectivity index (χ3n) is 4.50. The molecule has 2 aromatic carbocycles. The first-order valence-corrected chi connectivity index (χ1v) is 8.77. The molecule has 0 aliphatic heterocycles. The molecule has 24 heavy (non-hydrogen) atoms. The smallest absolute Gasteiger partial charge is 0.122 e. The highest BCUT2D eigenvalue weighted by Crippen LogP contribution is 2.36. The minimum absolute atomic E-state index is 0.385. The molecule has 0 radical (unpaired) electrons. The van der Waals surface area contributed by atoms with Crippen LogP contribution in [0.4, 0.5) is 0 Å². The normalized spacial score (nSPS) is 16.6. The standard InChI is InChI=1S/C19H21Cl2NO2/c1-23-18-5-6-19(24-2)17-10-15(3-4-16(17)18)22-11-12-7-13(20)9-14(21)8-12/h5-9,15,22H,3-4,10-11H2,1-2H3. The van der Waals surface area contributed by atoms with Crippen LogP contribution in [0, 0.1) is 0 Å². The van der Waals surface area contributed by atoms with Gasteiger partial charge in [-0.05, 0) is 55.2 Å². The van der Waals surface area contributed by atoms with Crippen LogP contribution in [-0.4, -0.2) is 20.3 Å². The Hall–Kier alpha value is -1.42. The van der Waals surface area contributed by atoms with Gasteiger partial charge >= 0.3 is 0 Å². The predicted octanol–water partition coefficient (Wildman–Crippen LogP) is 4.66. The first-order chi connectivity index (χ1) is 11.6. The lowest BCUT2D eigenvalue weighted by atomic mass is 9.87. The fraction of sp³-hybridized carbons (Fsp3) is 0.368. The highest BCUT2D eigenvalue weighted by Gasteiger charge is 2.24. The van der Waals surface area contributed by atoms with Crippen molar-refractivity contribution in [3.05, 3.63) is 57.1 Å². The van der Waals surface area contributed by atoms with Gasteiger partial charge in [-0.3, -0.25) is 0 Å². The van der Waals surface area contributed by atoms with Crippen molar-refractivity contribution < 1.29 is 9.47 Å². The second-order valence-corrected chi connectivity index (χ2v) is 6.90. The summed E-state index contributed by atoms with van der Waals surface area (Å²) in [6, 6.07) is 9.99. The Bertz CT molecular complexity index is 713. The summed E-state index contributed by atoms with van der Waals surface area (Å²) in [5, 5.41) is 4.94. The van der Waals surface area contributed by atoms with E-state index in [1.807, 2.05) is 24.3 Å². The number of benzene rings is 2. The number of hydrogen-bond acceptors (Lipinski definition) is 3. The highest BCUT2D eigenvalue weighted by molar-refractivity contribution is 6.34. The molecule has 5 heteroatoms.